The molecular formula is C18H18ClN4O2+. The average Bonchev–Trinajstić information content (AvgIpc) is 2.63. The Morgan fingerprint density at radius 2 is 1.88 bits per heavy atom. The number of nitrogens with zero attached hydrogens (tertiary/aromatic N) is 3. The van der Waals surface area contributed by atoms with Gasteiger partial charge in [-0.3, -0.25) is 10.1 Å². The van der Waals surface area contributed by atoms with Gasteiger partial charge in [0.2, 0.25) is 0 Å². The molecular weight excluding hydrogens is 340 g/mol. The maximum atomic E-state index is 10.9. The Morgan fingerprint density at radius 1 is 1.20 bits per heavy atom. The van der Waals surface area contributed by atoms with Crippen molar-refractivity contribution in [3.05, 3.63) is 68.7 Å². The summed E-state index contributed by atoms with van der Waals surface area (Å²) < 4.78 is 0. The maximum absolute atomic E-state index is 10.9. The van der Waals surface area contributed by atoms with Crippen LogP contribution in [0.2, 0.25) is 5.02 Å². The topological polar surface area (TPSA) is 74.6 Å². The number of non-ortho nitro benzene ring substituents is 1. The Bertz CT molecular complexity index is 809. The number of anilines is 1. The Hall–Kier alpha value is -2.62. The first-order valence-corrected chi connectivity index (χ1v) is 8.46. The standard InChI is InChI=1S/C18H17ClN4O2/c19-16-3-1-14(2-4-16)13-21-7-9-22(10-8-21)18-6-5-17(23(24)25)11-15(18)12-20/h1-6,11H,7-10,13H2/p+1. The lowest BCUT2D eigenvalue weighted by atomic mass is 10.1. The molecule has 1 saturated heterocycles. The molecule has 6 nitrogen and oxygen atoms in total. The smallest absolute Gasteiger partial charge is 0.270 e. The molecule has 1 aliphatic heterocycles. The van der Waals surface area contributed by atoms with E-state index in [9.17, 15) is 15.4 Å². The number of nitro benzene ring substituents is 1. The third-order valence-electron chi connectivity index (χ3n) is 4.49. The van der Waals surface area contributed by atoms with Crippen molar-refractivity contribution in [2.75, 3.05) is 31.1 Å². The first-order valence-electron chi connectivity index (χ1n) is 8.08. The molecule has 1 heterocycles. The van der Waals surface area contributed by atoms with Crippen molar-refractivity contribution in [1.82, 2.24) is 0 Å². The van der Waals surface area contributed by atoms with Crippen molar-refractivity contribution < 1.29 is 9.82 Å². The second kappa shape index (κ2) is 7.51. The van der Waals surface area contributed by atoms with E-state index in [2.05, 4.69) is 11.0 Å². The fourth-order valence-corrected chi connectivity index (χ4v) is 3.26. The number of nitro groups is 1. The number of benzene rings is 2. The van der Waals surface area contributed by atoms with Crippen molar-refractivity contribution in [3.63, 3.8) is 0 Å². The summed E-state index contributed by atoms with van der Waals surface area (Å²) in [4.78, 5) is 14.0. The van der Waals surface area contributed by atoms with Gasteiger partial charge in [0.15, 0.2) is 0 Å². The van der Waals surface area contributed by atoms with E-state index in [4.69, 9.17) is 11.6 Å². The molecule has 0 spiro atoms. The summed E-state index contributed by atoms with van der Waals surface area (Å²) in [5.74, 6) is 0. The summed E-state index contributed by atoms with van der Waals surface area (Å²) in [6.07, 6.45) is 0. The van der Waals surface area contributed by atoms with Crippen LogP contribution in [-0.2, 0) is 6.54 Å². The van der Waals surface area contributed by atoms with Crippen LogP contribution in [0.3, 0.4) is 0 Å². The molecule has 0 unspecified atom stereocenters. The maximum Gasteiger partial charge on any atom is 0.270 e. The number of hydrogen-bond acceptors (Lipinski definition) is 4. The normalized spacial score (nSPS) is 15.0. The number of piperazine rings is 1. The molecule has 0 amide bonds. The number of nitriles is 1. The molecule has 1 aliphatic rings. The Kier molecular flexibility index (Phi) is 5.17. The number of quaternary nitrogens is 1. The average molecular weight is 358 g/mol. The van der Waals surface area contributed by atoms with E-state index in [1.54, 1.807) is 6.07 Å². The minimum Gasteiger partial charge on any atom is -0.359 e. The van der Waals surface area contributed by atoms with Gasteiger partial charge in [-0.05, 0) is 18.2 Å². The zero-order valence-corrected chi connectivity index (χ0v) is 14.4. The van der Waals surface area contributed by atoms with Crippen LogP contribution in [-0.4, -0.2) is 31.1 Å². The van der Waals surface area contributed by atoms with E-state index in [0.717, 1.165) is 43.4 Å². The van der Waals surface area contributed by atoms with Gasteiger partial charge < -0.3 is 9.80 Å². The molecule has 0 radical (unpaired) electrons. The molecule has 25 heavy (non-hydrogen) atoms. The summed E-state index contributed by atoms with van der Waals surface area (Å²) in [6, 6.07) is 14.5. The summed E-state index contributed by atoms with van der Waals surface area (Å²) in [5, 5.41) is 20.9. The van der Waals surface area contributed by atoms with E-state index in [0.29, 0.717) is 5.56 Å². The van der Waals surface area contributed by atoms with Crippen LogP contribution in [0.5, 0.6) is 0 Å². The van der Waals surface area contributed by atoms with Crippen LogP contribution < -0.4 is 9.80 Å². The van der Waals surface area contributed by atoms with Gasteiger partial charge >= 0.3 is 0 Å². The third kappa shape index (κ3) is 4.08. The first-order chi connectivity index (χ1) is 12.1. The molecule has 1 N–H and O–H groups in total. The predicted molar refractivity (Wildman–Crippen MR) is 95.9 cm³/mol. The predicted octanol–water partition coefficient (Wildman–Crippen LogP) is 2.02. The fraction of sp³-hybridized carbons (Fsp3) is 0.278. The highest BCUT2D eigenvalue weighted by molar-refractivity contribution is 6.30. The lowest BCUT2D eigenvalue weighted by molar-refractivity contribution is -0.914. The van der Waals surface area contributed by atoms with Gasteiger partial charge in [0.1, 0.15) is 12.6 Å². The zero-order chi connectivity index (χ0) is 17.8. The molecule has 0 aliphatic carbocycles. The summed E-state index contributed by atoms with van der Waals surface area (Å²) in [5.41, 5.74) is 2.34. The number of hydrogen-bond donors (Lipinski definition) is 1. The molecule has 1 fully saturated rings. The minimum absolute atomic E-state index is 0.0488. The lowest BCUT2D eigenvalue weighted by Crippen LogP contribution is -3.13. The van der Waals surface area contributed by atoms with E-state index in [1.807, 2.05) is 24.3 Å². The van der Waals surface area contributed by atoms with Crippen molar-refractivity contribution in [1.29, 1.82) is 5.26 Å². The molecule has 2 aromatic carbocycles. The van der Waals surface area contributed by atoms with Crippen molar-refractivity contribution in [2.24, 2.45) is 0 Å². The van der Waals surface area contributed by atoms with Crippen LogP contribution in [0, 0.1) is 21.4 Å². The van der Waals surface area contributed by atoms with E-state index < -0.39 is 4.92 Å². The molecule has 7 heteroatoms. The quantitative estimate of drug-likeness (QED) is 0.671. The number of rotatable bonds is 4. The molecule has 0 atom stereocenters. The lowest BCUT2D eigenvalue weighted by Gasteiger charge is -2.34. The van der Waals surface area contributed by atoms with Gasteiger partial charge in [-0.15, -0.1) is 0 Å². The van der Waals surface area contributed by atoms with Crippen LogP contribution in [0.25, 0.3) is 0 Å². The van der Waals surface area contributed by atoms with Crippen LogP contribution >= 0.6 is 11.6 Å². The zero-order valence-electron chi connectivity index (χ0n) is 13.6. The highest BCUT2D eigenvalue weighted by Crippen LogP contribution is 2.25. The molecule has 0 saturated carbocycles. The van der Waals surface area contributed by atoms with E-state index in [-0.39, 0.29) is 5.69 Å². The number of nitrogens with one attached hydrogen (secondary N) is 1. The Morgan fingerprint density at radius 3 is 2.48 bits per heavy atom. The Balaban J connectivity index is 1.65. The summed E-state index contributed by atoms with van der Waals surface area (Å²) >= 11 is 5.92. The van der Waals surface area contributed by atoms with Gasteiger partial charge in [0.05, 0.1) is 42.4 Å². The van der Waals surface area contributed by atoms with Crippen LogP contribution in [0.1, 0.15) is 11.1 Å². The minimum atomic E-state index is -0.473. The first kappa shape index (κ1) is 17.2. The van der Waals surface area contributed by atoms with Crippen LogP contribution in [0.15, 0.2) is 42.5 Å². The largest absolute Gasteiger partial charge is 0.359 e. The molecule has 128 valence electrons. The van der Waals surface area contributed by atoms with Crippen molar-refractivity contribution in [3.8, 4) is 6.07 Å². The van der Waals surface area contributed by atoms with Gasteiger partial charge in [-0.2, -0.15) is 5.26 Å². The van der Waals surface area contributed by atoms with E-state index >= 15 is 0 Å². The summed E-state index contributed by atoms with van der Waals surface area (Å²) in [7, 11) is 0. The molecule has 0 aromatic heterocycles. The van der Waals surface area contributed by atoms with Crippen LogP contribution in [0.4, 0.5) is 11.4 Å². The van der Waals surface area contributed by atoms with Gasteiger partial charge in [-0.25, -0.2) is 0 Å². The second-order valence-corrected chi connectivity index (χ2v) is 6.55. The van der Waals surface area contributed by atoms with Gasteiger partial charge in [0, 0.05) is 22.7 Å². The number of halogens is 1. The van der Waals surface area contributed by atoms with Gasteiger partial charge in [0.25, 0.3) is 5.69 Å². The third-order valence-corrected chi connectivity index (χ3v) is 4.74. The summed E-state index contributed by atoms with van der Waals surface area (Å²) in [6.45, 7) is 4.47. The fourth-order valence-electron chi connectivity index (χ4n) is 3.13. The second-order valence-electron chi connectivity index (χ2n) is 6.11. The molecule has 3 rings (SSSR count). The van der Waals surface area contributed by atoms with Gasteiger partial charge in [-0.1, -0.05) is 23.7 Å². The highest BCUT2D eigenvalue weighted by atomic mass is 35.5. The molecule has 0 bridgehead atoms. The highest BCUT2D eigenvalue weighted by Gasteiger charge is 2.23. The molecule has 2 aromatic rings. The monoisotopic (exact) mass is 357 g/mol. The van der Waals surface area contributed by atoms with E-state index in [1.165, 1.54) is 22.6 Å². The van der Waals surface area contributed by atoms with Crippen molar-refractivity contribution >= 4 is 23.0 Å². The SMILES string of the molecule is N#Cc1cc([N+](=O)[O-])ccc1N1CC[NH+](Cc2ccc(Cl)cc2)CC1. The Labute approximate surface area is 151 Å². The van der Waals surface area contributed by atoms with Crippen molar-refractivity contribution in [2.45, 2.75) is 6.54 Å².